The molecule has 0 aliphatic heterocycles. The molecule has 0 amide bonds. The van der Waals surface area contributed by atoms with Gasteiger partial charge in [0.25, 0.3) is 0 Å². The first-order valence-corrected chi connectivity index (χ1v) is 7.04. The summed E-state index contributed by atoms with van der Waals surface area (Å²) in [6, 6.07) is 2.80. The van der Waals surface area contributed by atoms with Gasteiger partial charge in [0.15, 0.2) is 0 Å². The molecule has 0 bridgehead atoms. The number of nitrogens with one attached hydrogen (secondary N) is 1. The standard InChI is InChI=1S/C13H21NOS/c1-9-7-8-16-13(9)10(2)14-11-5-3-4-6-12(11)15/h7-8,10-12,14-15H,3-6H2,1-2H3. The molecule has 0 saturated heterocycles. The van der Waals surface area contributed by atoms with Gasteiger partial charge in [0.1, 0.15) is 0 Å². The molecule has 1 fully saturated rings. The van der Waals surface area contributed by atoms with E-state index in [0.29, 0.717) is 6.04 Å². The Morgan fingerprint density at radius 3 is 2.81 bits per heavy atom. The lowest BCUT2D eigenvalue weighted by Crippen LogP contribution is -2.43. The fourth-order valence-corrected chi connectivity index (χ4v) is 3.48. The SMILES string of the molecule is Cc1ccsc1C(C)NC1CCCCC1O. The van der Waals surface area contributed by atoms with Gasteiger partial charge in [-0.05, 0) is 43.7 Å². The molecule has 1 aliphatic rings. The van der Waals surface area contributed by atoms with Crippen molar-refractivity contribution in [3.8, 4) is 0 Å². The summed E-state index contributed by atoms with van der Waals surface area (Å²) in [5.41, 5.74) is 1.36. The van der Waals surface area contributed by atoms with E-state index < -0.39 is 0 Å². The van der Waals surface area contributed by atoms with Gasteiger partial charge in [0.2, 0.25) is 0 Å². The van der Waals surface area contributed by atoms with Gasteiger partial charge in [-0.15, -0.1) is 11.3 Å². The predicted molar refractivity (Wildman–Crippen MR) is 68.9 cm³/mol. The maximum atomic E-state index is 9.93. The van der Waals surface area contributed by atoms with Crippen LogP contribution >= 0.6 is 11.3 Å². The van der Waals surface area contributed by atoms with E-state index in [1.54, 1.807) is 11.3 Å². The van der Waals surface area contributed by atoms with E-state index >= 15 is 0 Å². The quantitative estimate of drug-likeness (QED) is 0.850. The van der Waals surface area contributed by atoms with Crippen molar-refractivity contribution in [2.45, 2.75) is 57.7 Å². The number of aliphatic hydroxyl groups excluding tert-OH is 1. The Hall–Kier alpha value is -0.380. The van der Waals surface area contributed by atoms with E-state index in [4.69, 9.17) is 0 Å². The molecule has 1 aromatic rings. The van der Waals surface area contributed by atoms with Crippen LogP contribution in [0.2, 0.25) is 0 Å². The van der Waals surface area contributed by atoms with Crippen molar-refractivity contribution < 1.29 is 5.11 Å². The first kappa shape index (κ1) is 12.1. The van der Waals surface area contributed by atoms with Crippen LogP contribution in [-0.4, -0.2) is 17.3 Å². The normalized spacial score (nSPS) is 27.9. The Morgan fingerprint density at radius 2 is 2.19 bits per heavy atom. The third kappa shape index (κ3) is 2.65. The van der Waals surface area contributed by atoms with E-state index in [9.17, 15) is 5.11 Å². The van der Waals surface area contributed by atoms with Gasteiger partial charge in [0, 0.05) is 17.0 Å². The summed E-state index contributed by atoms with van der Waals surface area (Å²) < 4.78 is 0. The third-order valence-electron chi connectivity index (χ3n) is 3.49. The molecule has 0 aromatic carbocycles. The minimum atomic E-state index is -0.156. The summed E-state index contributed by atoms with van der Waals surface area (Å²) in [6.45, 7) is 4.35. The molecule has 1 aromatic heterocycles. The second kappa shape index (κ2) is 5.30. The predicted octanol–water partition coefficient (Wildman–Crippen LogP) is 3.01. The van der Waals surface area contributed by atoms with Gasteiger partial charge in [-0.25, -0.2) is 0 Å². The van der Waals surface area contributed by atoms with E-state index in [0.717, 1.165) is 12.8 Å². The molecule has 3 atom stereocenters. The molecule has 1 saturated carbocycles. The number of hydrogen-bond donors (Lipinski definition) is 2. The molecule has 3 unspecified atom stereocenters. The molecule has 16 heavy (non-hydrogen) atoms. The van der Waals surface area contributed by atoms with Crippen LogP contribution in [0, 0.1) is 6.92 Å². The lowest BCUT2D eigenvalue weighted by molar-refractivity contribution is 0.0861. The van der Waals surface area contributed by atoms with Crippen molar-refractivity contribution >= 4 is 11.3 Å². The molecule has 2 rings (SSSR count). The summed E-state index contributed by atoms with van der Waals surface area (Å²) in [4.78, 5) is 1.40. The molecular formula is C13H21NOS. The molecule has 1 aliphatic carbocycles. The van der Waals surface area contributed by atoms with Gasteiger partial charge in [-0.1, -0.05) is 12.8 Å². The highest BCUT2D eigenvalue weighted by atomic mass is 32.1. The molecule has 2 N–H and O–H groups in total. The van der Waals surface area contributed by atoms with Crippen LogP contribution in [0.15, 0.2) is 11.4 Å². The average molecular weight is 239 g/mol. The van der Waals surface area contributed by atoms with Crippen molar-refractivity contribution in [2.75, 3.05) is 0 Å². The van der Waals surface area contributed by atoms with Gasteiger partial charge < -0.3 is 10.4 Å². The Bertz CT molecular complexity index is 336. The highest BCUT2D eigenvalue weighted by Crippen LogP contribution is 2.26. The number of thiophene rings is 1. The molecule has 1 heterocycles. The van der Waals surface area contributed by atoms with E-state index in [-0.39, 0.29) is 12.1 Å². The van der Waals surface area contributed by atoms with Crippen LogP contribution in [-0.2, 0) is 0 Å². The maximum absolute atomic E-state index is 9.93. The van der Waals surface area contributed by atoms with Gasteiger partial charge in [0.05, 0.1) is 6.10 Å². The Balaban J connectivity index is 1.96. The topological polar surface area (TPSA) is 32.3 Å². The second-order valence-electron chi connectivity index (χ2n) is 4.81. The molecular weight excluding hydrogens is 218 g/mol. The summed E-state index contributed by atoms with van der Waals surface area (Å²) in [5, 5.41) is 15.6. The van der Waals surface area contributed by atoms with Gasteiger partial charge in [-0.2, -0.15) is 0 Å². The highest BCUT2D eigenvalue weighted by Gasteiger charge is 2.24. The Labute approximate surface area is 102 Å². The third-order valence-corrected chi connectivity index (χ3v) is 4.69. The fourth-order valence-electron chi connectivity index (χ4n) is 2.53. The smallest absolute Gasteiger partial charge is 0.0693 e. The van der Waals surface area contributed by atoms with E-state index in [1.165, 1.54) is 23.3 Å². The van der Waals surface area contributed by atoms with Crippen molar-refractivity contribution in [1.29, 1.82) is 0 Å². The van der Waals surface area contributed by atoms with E-state index in [1.807, 2.05) is 0 Å². The summed E-state index contributed by atoms with van der Waals surface area (Å²) in [6.07, 6.45) is 4.32. The number of aliphatic hydroxyl groups is 1. The van der Waals surface area contributed by atoms with Crippen LogP contribution in [0.1, 0.15) is 49.1 Å². The van der Waals surface area contributed by atoms with Crippen LogP contribution in [0.5, 0.6) is 0 Å². The minimum Gasteiger partial charge on any atom is -0.392 e. The maximum Gasteiger partial charge on any atom is 0.0693 e. The van der Waals surface area contributed by atoms with Crippen LogP contribution in [0.25, 0.3) is 0 Å². The number of aryl methyl sites for hydroxylation is 1. The average Bonchev–Trinajstić information content (AvgIpc) is 2.68. The van der Waals surface area contributed by atoms with Crippen molar-refractivity contribution in [2.24, 2.45) is 0 Å². The lowest BCUT2D eigenvalue weighted by Gasteiger charge is -2.31. The zero-order valence-corrected chi connectivity index (χ0v) is 10.9. The van der Waals surface area contributed by atoms with Crippen LogP contribution < -0.4 is 5.32 Å². The monoisotopic (exact) mass is 239 g/mol. The summed E-state index contributed by atoms with van der Waals surface area (Å²) in [7, 11) is 0. The van der Waals surface area contributed by atoms with E-state index in [2.05, 4.69) is 30.6 Å². The molecule has 0 spiro atoms. The summed E-state index contributed by atoms with van der Waals surface area (Å²) >= 11 is 1.80. The molecule has 90 valence electrons. The van der Waals surface area contributed by atoms with Gasteiger partial charge in [-0.3, -0.25) is 0 Å². The van der Waals surface area contributed by atoms with Crippen molar-refractivity contribution in [1.82, 2.24) is 5.32 Å². The molecule has 2 nitrogen and oxygen atoms in total. The number of hydrogen-bond acceptors (Lipinski definition) is 3. The minimum absolute atomic E-state index is 0.156. The van der Waals surface area contributed by atoms with Crippen molar-refractivity contribution in [3.63, 3.8) is 0 Å². The Kier molecular flexibility index (Phi) is 4.00. The molecule has 3 heteroatoms. The molecule has 0 radical (unpaired) electrons. The largest absolute Gasteiger partial charge is 0.392 e. The first-order valence-electron chi connectivity index (χ1n) is 6.16. The van der Waals surface area contributed by atoms with Gasteiger partial charge >= 0.3 is 0 Å². The first-order chi connectivity index (χ1) is 7.68. The fraction of sp³-hybridized carbons (Fsp3) is 0.692. The van der Waals surface area contributed by atoms with Crippen molar-refractivity contribution in [3.05, 3.63) is 21.9 Å². The summed E-state index contributed by atoms with van der Waals surface area (Å²) in [5.74, 6) is 0. The lowest BCUT2D eigenvalue weighted by atomic mass is 9.92. The highest BCUT2D eigenvalue weighted by molar-refractivity contribution is 7.10. The number of rotatable bonds is 3. The second-order valence-corrected chi connectivity index (χ2v) is 5.76. The zero-order valence-electron chi connectivity index (χ0n) is 10.1. The van der Waals surface area contributed by atoms with Crippen LogP contribution in [0.3, 0.4) is 0 Å². The Morgan fingerprint density at radius 1 is 1.44 bits per heavy atom. The van der Waals surface area contributed by atoms with Crippen LogP contribution in [0.4, 0.5) is 0 Å². The zero-order chi connectivity index (χ0) is 11.5.